The van der Waals surface area contributed by atoms with Gasteiger partial charge in [-0.1, -0.05) is 23.7 Å². The van der Waals surface area contributed by atoms with Crippen LogP contribution in [-0.2, 0) is 0 Å². The van der Waals surface area contributed by atoms with Crippen molar-refractivity contribution in [3.05, 3.63) is 57.0 Å². The van der Waals surface area contributed by atoms with Crippen LogP contribution in [0.2, 0.25) is 5.02 Å². The average molecular weight is 397 g/mol. The standard InChI is InChI=1S/C14H10BrClF3NO2/c15-11-6-8(16)5-10(13(11)21)12(20)7-1-3-9(4-2-7)22-14(17,18)19/h1-6,12,21H,20H2/t12-/m1/s1. The van der Waals surface area contributed by atoms with Crippen LogP contribution in [0, 0.1) is 0 Å². The number of aromatic hydroxyl groups is 1. The zero-order chi connectivity index (χ0) is 16.5. The molecule has 0 saturated heterocycles. The van der Waals surface area contributed by atoms with Crippen molar-refractivity contribution < 1.29 is 23.0 Å². The summed E-state index contributed by atoms with van der Waals surface area (Å²) >= 11 is 9.06. The summed E-state index contributed by atoms with van der Waals surface area (Å²) in [6.07, 6.45) is -4.75. The molecule has 0 saturated carbocycles. The predicted octanol–water partition coefficient (Wildman–Crippen LogP) is 4.75. The number of alkyl halides is 3. The minimum absolute atomic E-state index is 0.0764. The molecule has 2 rings (SSSR count). The molecule has 8 heteroatoms. The Morgan fingerprint density at radius 3 is 2.32 bits per heavy atom. The fraction of sp³-hybridized carbons (Fsp3) is 0.143. The maximum atomic E-state index is 12.1. The van der Waals surface area contributed by atoms with Crippen molar-refractivity contribution in [3.8, 4) is 11.5 Å². The number of nitrogens with two attached hydrogens (primary N) is 1. The number of phenols is 1. The Bertz CT molecular complexity index is 677. The van der Waals surface area contributed by atoms with E-state index in [1.54, 1.807) is 0 Å². The molecule has 0 bridgehead atoms. The Morgan fingerprint density at radius 1 is 1.18 bits per heavy atom. The number of benzene rings is 2. The van der Waals surface area contributed by atoms with E-state index in [0.717, 1.165) is 12.1 Å². The molecule has 0 spiro atoms. The van der Waals surface area contributed by atoms with E-state index < -0.39 is 12.4 Å². The zero-order valence-electron chi connectivity index (χ0n) is 10.9. The van der Waals surface area contributed by atoms with Crippen molar-refractivity contribution >= 4 is 27.5 Å². The van der Waals surface area contributed by atoms with E-state index in [2.05, 4.69) is 20.7 Å². The quantitative estimate of drug-likeness (QED) is 0.787. The van der Waals surface area contributed by atoms with Crippen molar-refractivity contribution in [2.24, 2.45) is 5.73 Å². The number of ether oxygens (including phenoxy) is 1. The third-order valence-corrected chi connectivity index (χ3v) is 3.69. The van der Waals surface area contributed by atoms with Gasteiger partial charge >= 0.3 is 6.36 Å². The smallest absolute Gasteiger partial charge is 0.506 e. The summed E-state index contributed by atoms with van der Waals surface area (Å²) in [4.78, 5) is 0. The van der Waals surface area contributed by atoms with Gasteiger partial charge in [-0.15, -0.1) is 13.2 Å². The van der Waals surface area contributed by atoms with Gasteiger partial charge in [0, 0.05) is 10.6 Å². The highest BCUT2D eigenvalue weighted by Gasteiger charge is 2.31. The van der Waals surface area contributed by atoms with Gasteiger partial charge < -0.3 is 15.6 Å². The van der Waals surface area contributed by atoms with E-state index >= 15 is 0 Å². The predicted molar refractivity (Wildman–Crippen MR) is 80.0 cm³/mol. The fourth-order valence-corrected chi connectivity index (χ4v) is 2.71. The Hall–Kier alpha value is -1.44. The molecular formula is C14H10BrClF3NO2. The van der Waals surface area contributed by atoms with E-state index in [1.807, 2.05) is 0 Å². The van der Waals surface area contributed by atoms with Crippen LogP contribution in [0.5, 0.6) is 11.5 Å². The van der Waals surface area contributed by atoms with Gasteiger partial charge in [0.15, 0.2) is 0 Å². The van der Waals surface area contributed by atoms with Crippen molar-refractivity contribution in [1.82, 2.24) is 0 Å². The van der Waals surface area contributed by atoms with Gasteiger partial charge in [0.25, 0.3) is 0 Å². The lowest BCUT2D eigenvalue weighted by Gasteiger charge is -2.16. The molecule has 0 aliphatic carbocycles. The molecule has 0 unspecified atom stereocenters. The number of hydrogen-bond acceptors (Lipinski definition) is 3. The van der Waals surface area contributed by atoms with Gasteiger partial charge in [-0.05, 0) is 45.8 Å². The molecular weight excluding hydrogens is 387 g/mol. The molecule has 0 aliphatic rings. The SMILES string of the molecule is N[C@H](c1ccc(OC(F)(F)F)cc1)c1cc(Cl)cc(Br)c1O. The minimum Gasteiger partial charge on any atom is -0.506 e. The molecule has 0 radical (unpaired) electrons. The Morgan fingerprint density at radius 2 is 1.77 bits per heavy atom. The second-order valence-electron chi connectivity index (χ2n) is 4.42. The van der Waals surface area contributed by atoms with Crippen LogP contribution in [0.1, 0.15) is 17.2 Å². The van der Waals surface area contributed by atoms with Crippen LogP contribution in [0.4, 0.5) is 13.2 Å². The van der Waals surface area contributed by atoms with E-state index in [4.69, 9.17) is 17.3 Å². The highest BCUT2D eigenvalue weighted by Crippen LogP contribution is 2.37. The molecule has 0 aliphatic heterocycles. The van der Waals surface area contributed by atoms with Gasteiger partial charge in [-0.25, -0.2) is 0 Å². The number of rotatable bonds is 3. The van der Waals surface area contributed by atoms with Crippen molar-refractivity contribution in [2.75, 3.05) is 0 Å². The lowest BCUT2D eigenvalue weighted by molar-refractivity contribution is -0.274. The molecule has 2 aromatic rings. The van der Waals surface area contributed by atoms with Crippen LogP contribution < -0.4 is 10.5 Å². The monoisotopic (exact) mass is 395 g/mol. The van der Waals surface area contributed by atoms with E-state index in [0.29, 0.717) is 20.6 Å². The molecule has 118 valence electrons. The number of phenolic OH excluding ortho intramolecular Hbond substituents is 1. The minimum atomic E-state index is -4.75. The molecule has 0 fully saturated rings. The Kier molecular flexibility index (Phi) is 4.89. The third-order valence-electron chi connectivity index (χ3n) is 2.87. The second kappa shape index (κ2) is 6.36. The fourth-order valence-electron chi connectivity index (χ4n) is 1.88. The van der Waals surface area contributed by atoms with Crippen molar-refractivity contribution in [1.29, 1.82) is 0 Å². The summed E-state index contributed by atoms with van der Waals surface area (Å²) in [5, 5.41) is 10.4. The van der Waals surface area contributed by atoms with Crippen LogP contribution in [-0.4, -0.2) is 11.5 Å². The van der Waals surface area contributed by atoms with Gasteiger partial charge in [0.05, 0.1) is 10.5 Å². The average Bonchev–Trinajstić information content (AvgIpc) is 2.41. The van der Waals surface area contributed by atoms with Gasteiger partial charge in [-0.2, -0.15) is 0 Å². The van der Waals surface area contributed by atoms with Crippen molar-refractivity contribution in [2.45, 2.75) is 12.4 Å². The van der Waals surface area contributed by atoms with Crippen molar-refractivity contribution in [3.63, 3.8) is 0 Å². The lowest BCUT2D eigenvalue weighted by atomic mass is 9.99. The maximum Gasteiger partial charge on any atom is 0.573 e. The normalized spacial score (nSPS) is 13.0. The second-order valence-corrected chi connectivity index (χ2v) is 5.71. The van der Waals surface area contributed by atoms with Crippen LogP contribution in [0.25, 0.3) is 0 Å². The van der Waals surface area contributed by atoms with Crippen LogP contribution >= 0.6 is 27.5 Å². The highest BCUT2D eigenvalue weighted by molar-refractivity contribution is 9.10. The summed E-state index contributed by atoms with van der Waals surface area (Å²) in [5.74, 6) is -0.424. The largest absolute Gasteiger partial charge is 0.573 e. The van der Waals surface area contributed by atoms with Gasteiger partial charge in [0.1, 0.15) is 11.5 Å². The number of hydrogen-bond donors (Lipinski definition) is 2. The van der Waals surface area contributed by atoms with Gasteiger partial charge in [0.2, 0.25) is 0 Å². The first-order chi connectivity index (χ1) is 10.2. The first-order valence-corrected chi connectivity index (χ1v) is 7.13. The Balaban J connectivity index is 2.29. The van der Waals surface area contributed by atoms with Crippen LogP contribution in [0.15, 0.2) is 40.9 Å². The molecule has 0 heterocycles. The summed E-state index contributed by atoms with van der Waals surface area (Å²) in [6.45, 7) is 0. The molecule has 0 amide bonds. The molecule has 0 aromatic heterocycles. The molecule has 2 aromatic carbocycles. The van der Waals surface area contributed by atoms with Crippen LogP contribution in [0.3, 0.4) is 0 Å². The molecule has 1 atom stereocenters. The molecule has 22 heavy (non-hydrogen) atoms. The highest BCUT2D eigenvalue weighted by atomic mass is 79.9. The van der Waals surface area contributed by atoms with E-state index in [1.165, 1.54) is 24.3 Å². The zero-order valence-corrected chi connectivity index (χ0v) is 13.2. The topological polar surface area (TPSA) is 55.5 Å². The molecule has 3 N–H and O–H groups in total. The molecule has 3 nitrogen and oxygen atoms in total. The van der Waals surface area contributed by atoms with E-state index in [-0.39, 0.29) is 11.5 Å². The number of halogens is 5. The summed E-state index contributed by atoms with van der Waals surface area (Å²) < 4.78 is 40.5. The summed E-state index contributed by atoms with van der Waals surface area (Å²) in [7, 11) is 0. The van der Waals surface area contributed by atoms with Gasteiger partial charge in [-0.3, -0.25) is 0 Å². The summed E-state index contributed by atoms with van der Waals surface area (Å²) in [5.41, 5.74) is 6.88. The first-order valence-electron chi connectivity index (χ1n) is 5.96. The first kappa shape index (κ1) is 16.9. The Labute approximate surface area is 137 Å². The maximum absolute atomic E-state index is 12.1. The third kappa shape index (κ3) is 4.06. The lowest BCUT2D eigenvalue weighted by Crippen LogP contribution is -2.17. The van der Waals surface area contributed by atoms with E-state index in [9.17, 15) is 18.3 Å². The summed E-state index contributed by atoms with van der Waals surface area (Å²) in [6, 6.07) is 7.33.